The quantitative estimate of drug-likeness (QED) is 0.841. The Morgan fingerprint density at radius 1 is 1.30 bits per heavy atom. The fourth-order valence-corrected chi connectivity index (χ4v) is 1.87. The molecule has 0 amide bonds. The average molecular weight is 275 g/mol. The third-order valence-corrected chi connectivity index (χ3v) is 3.27. The average Bonchev–Trinajstić information content (AvgIpc) is 2.95. The van der Waals surface area contributed by atoms with Crippen LogP contribution in [0.5, 0.6) is 0 Å². The van der Waals surface area contributed by atoms with Gasteiger partial charge >= 0.3 is 0 Å². The summed E-state index contributed by atoms with van der Waals surface area (Å²) in [5.41, 5.74) is 7.65. The molecule has 5 heteroatoms. The minimum absolute atomic E-state index is 0.267. The number of para-hydroxylation sites is 1. The number of hydrogen-bond acceptors (Lipinski definition) is 4. The summed E-state index contributed by atoms with van der Waals surface area (Å²) in [7, 11) is 0. The highest BCUT2D eigenvalue weighted by Gasteiger charge is 2.19. The van der Waals surface area contributed by atoms with E-state index < -0.39 is 6.10 Å². The van der Waals surface area contributed by atoms with Crippen LogP contribution in [0.4, 0.5) is 0 Å². The molecular formula is C15H21N3O2. The van der Waals surface area contributed by atoms with Gasteiger partial charge in [-0.1, -0.05) is 18.2 Å². The smallest absolute Gasteiger partial charge is 0.0982 e. The van der Waals surface area contributed by atoms with E-state index in [9.17, 15) is 5.11 Å². The summed E-state index contributed by atoms with van der Waals surface area (Å²) in [4.78, 5) is 0. The molecule has 0 fully saturated rings. The van der Waals surface area contributed by atoms with E-state index in [1.165, 1.54) is 0 Å². The van der Waals surface area contributed by atoms with Crippen molar-refractivity contribution in [2.75, 3.05) is 6.54 Å². The molecule has 5 nitrogen and oxygen atoms in total. The zero-order valence-corrected chi connectivity index (χ0v) is 11.8. The number of rotatable bonds is 6. The summed E-state index contributed by atoms with van der Waals surface area (Å²) < 4.78 is 7.55. The second-order valence-electron chi connectivity index (χ2n) is 4.86. The normalized spacial score (nSPS) is 15.8. The Bertz CT molecular complexity index is 525. The molecule has 0 aliphatic rings. The predicted molar refractivity (Wildman–Crippen MR) is 77.6 cm³/mol. The second kappa shape index (κ2) is 6.65. The van der Waals surface area contributed by atoms with Gasteiger partial charge in [0.25, 0.3) is 0 Å². The molecule has 3 atom stereocenters. The van der Waals surface area contributed by atoms with E-state index in [2.05, 4.69) is 5.10 Å². The van der Waals surface area contributed by atoms with E-state index in [-0.39, 0.29) is 12.2 Å². The molecule has 1 heterocycles. The maximum Gasteiger partial charge on any atom is 0.0982 e. The van der Waals surface area contributed by atoms with Crippen LogP contribution >= 0.6 is 0 Å². The molecule has 0 radical (unpaired) electrons. The standard InChI is InChI=1S/C15H21N3O2/c1-11(19)12(2)20-15(8-16)13-9-17-18(10-13)14-6-4-3-5-7-14/h3-7,9-12,15,19H,8,16H2,1-2H3. The van der Waals surface area contributed by atoms with Crippen molar-refractivity contribution in [3.05, 3.63) is 48.3 Å². The maximum absolute atomic E-state index is 9.51. The summed E-state index contributed by atoms with van der Waals surface area (Å²) in [5, 5.41) is 13.8. The summed E-state index contributed by atoms with van der Waals surface area (Å²) in [5.74, 6) is 0. The van der Waals surface area contributed by atoms with E-state index in [1.807, 2.05) is 43.5 Å². The minimum atomic E-state index is -0.534. The Balaban J connectivity index is 2.14. The van der Waals surface area contributed by atoms with Gasteiger partial charge in [0.05, 0.1) is 30.2 Å². The van der Waals surface area contributed by atoms with Crippen LogP contribution in [0.2, 0.25) is 0 Å². The first-order chi connectivity index (χ1) is 9.61. The van der Waals surface area contributed by atoms with Gasteiger partial charge in [-0.05, 0) is 26.0 Å². The number of aromatic nitrogens is 2. The number of hydrogen-bond donors (Lipinski definition) is 2. The van der Waals surface area contributed by atoms with Crippen LogP contribution in [-0.4, -0.2) is 33.6 Å². The summed E-state index contributed by atoms with van der Waals surface area (Å²) in [6.07, 6.45) is 2.58. The molecule has 1 aromatic carbocycles. The summed E-state index contributed by atoms with van der Waals surface area (Å²) in [6, 6.07) is 9.84. The van der Waals surface area contributed by atoms with Gasteiger partial charge < -0.3 is 15.6 Å². The Labute approximate surface area is 119 Å². The molecule has 0 aliphatic carbocycles. The topological polar surface area (TPSA) is 73.3 Å². The molecule has 0 aliphatic heterocycles. The lowest BCUT2D eigenvalue weighted by Gasteiger charge is -2.22. The van der Waals surface area contributed by atoms with Crippen LogP contribution in [0.3, 0.4) is 0 Å². The van der Waals surface area contributed by atoms with Crippen molar-refractivity contribution in [1.29, 1.82) is 0 Å². The van der Waals surface area contributed by atoms with Crippen LogP contribution in [0.15, 0.2) is 42.7 Å². The van der Waals surface area contributed by atoms with E-state index >= 15 is 0 Å². The van der Waals surface area contributed by atoms with E-state index in [0.717, 1.165) is 11.3 Å². The van der Waals surface area contributed by atoms with Crippen LogP contribution < -0.4 is 5.73 Å². The van der Waals surface area contributed by atoms with E-state index in [0.29, 0.717) is 6.54 Å². The van der Waals surface area contributed by atoms with Gasteiger partial charge in [0.15, 0.2) is 0 Å². The molecule has 20 heavy (non-hydrogen) atoms. The molecule has 1 aromatic heterocycles. The van der Waals surface area contributed by atoms with Gasteiger partial charge in [0.2, 0.25) is 0 Å². The van der Waals surface area contributed by atoms with Gasteiger partial charge in [-0.3, -0.25) is 0 Å². The molecule has 3 unspecified atom stereocenters. The monoisotopic (exact) mass is 275 g/mol. The van der Waals surface area contributed by atoms with Gasteiger partial charge in [0, 0.05) is 18.3 Å². The van der Waals surface area contributed by atoms with Gasteiger partial charge in [-0.2, -0.15) is 5.10 Å². The predicted octanol–water partition coefficient (Wildman–Crippen LogP) is 1.66. The van der Waals surface area contributed by atoms with Crippen LogP contribution in [0, 0.1) is 0 Å². The molecule has 0 spiro atoms. The largest absolute Gasteiger partial charge is 0.391 e. The van der Waals surface area contributed by atoms with E-state index in [1.54, 1.807) is 17.8 Å². The van der Waals surface area contributed by atoms with Crippen LogP contribution in [-0.2, 0) is 4.74 Å². The third-order valence-electron chi connectivity index (χ3n) is 3.27. The van der Waals surface area contributed by atoms with Crippen molar-refractivity contribution in [2.24, 2.45) is 5.73 Å². The second-order valence-corrected chi connectivity index (χ2v) is 4.86. The molecular weight excluding hydrogens is 254 g/mol. The zero-order valence-electron chi connectivity index (χ0n) is 11.8. The highest BCUT2D eigenvalue weighted by molar-refractivity contribution is 5.31. The fraction of sp³-hybridized carbons (Fsp3) is 0.400. The van der Waals surface area contributed by atoms with Crippen molar-refractivity contribution < 1.29 is 9.84 Å². The SMILES string of the molecule is CC(O)C(C)OC(CN)c1cnn(-c2ccccc2)c1. The Morgan fingerprint density at radius 2 is 2.00 bits per heavy atom. The summed E-state index contributed by atoms with van der Waals surface area (Å²) in [6.45, 7) is 3.87. The lowest BCUT2D eigenvalue weighted by molar-refractivity contribution is -0.0591. The molecule has 0 bridgehead atoms. The molecule has 2 rings (SSSR count). The van der Waals surface area contributed by atoms with Gasteiger partial charge in [0.1, 0.15) is 0 Å². The van der Waals surface area contributed by atoms with Crippen molar-refractivity contribution in [3.8, 4) is 5.69 Å². The van der Waals surface area contributed by atoms with Crippen LogP contribution in [0.1, 0.15) is 25.5 Å². The number of aliphatic hydroxyl groups excluding tert-OH is 1. The first-order valence-electron chi connectivity index (χ1n) is 6.75. The minimum Gasteiger partial charge on any atom is -0.391 e. The lowest BCUT2D eigenvalue weighted by atomic mass is 10.2. The Kier molecular flexibility index (Phi) is 4.89. The van der Waals surface area contributed by atoms with Crippen molar-refractivity contribution in [3.63, 3.8) is 0 Å². The number of nitrogens with two attached hydrogens (primary N) is 1. The number of nitrogens with zero attached hydrogens (tertiary/aromatic N) is 2. The number of benzene rings is 1. The Hall–Kier alpha value is -1.69. The highest BCUT2D eigenvalue weighted by Crippen LogP contribution is 2.20. The molecule has 2 aromatic rings. The maximum atomic E-state index is 9.51. The van der Waals surface area contributed by atoms with Crippen LogP contribution in [0.25, 0.3) is 5.69 Å². The molecule has 108 valence electrons. The Morgan fingerprint density at radius 3 is 2.60 bits per heavy atom. The first-order valence-corrected chi connectivity index (χ1v) is 6.75. The molecule has 3 N–H and O–H groups in total. The van der Waals surface area contributed by atoms with Gasteiger partial charge in [-0.15, -0.1) is 0 Å². The number of aliphatic hydroxyl groups is 1. The van der Waals surface area contributed by atoms with Gasteiger partial charge in [-0.25, -0.2) is 4.68 Å². The van der Waals surface area contributed by atoms with Crippen molar-refractivity contribution in [2.45, 2.75) is 32.2 Å². The zero-order chi connectivity index (χ0) is 14.5. The first kappa shape index (κ1) is 14.7. The third kappa shape index (κ3) is 3.45. The van der Waals surface area contributed by atoms with Crippen molar-refractivity contribution >= 4 is 0 Å². The highest BCUT2D eigenvalue weighted by atomic mass is 16.5. The fourth-order valence-electron chi connectivity index (χ4n) is 1.87. The molecule has 0 saturated heterocycles. The summed E-state index contributed by atoms with van der Waals surface area (Å²) >= 11 is 0. The lowest BCUT2D eigenvalue weighted by Crippen LogP contribution is -2.28. The van der Waals surface area contributed by atoms with E-state index in [4.69, 9.17) is 10.5 Å². The molecule has 0 saturated carbocycles. The van der Waals surface area contributed by atoms with Crippen molar-refractivity contribution in [1.82, 2.24) is 9.78 Å². The number of ether oxygens (including phenoxy) is 1.